The average molecular weight is 482 g/mol. The zero-order valence-electron chi connectivity index (χ0n) is 16.7. The molecule has 0 aromatic heterocycles. The van der Waals surface area contributed by atoms with Crippen molar-refractivity contribution in [2.24, 2.45) is 0 Å². The number of amides is 2. The van der Waals surface area contributed by atoms with Crippen LogP contribution in [0.5, 0.6) is 5.75 Å². The van der Waals surface area contributed by atoms with Crippen LogP contribution in [0.4, 0.5) is 0 Å². The Morgan fingerprint density at radius 2 is 1.93 bits per heavy atom. The van der Waals surface area contributed by atoms with Crippen LogP contribution < -0.4 is 10.1 Å². The van der Waals surface area contributed by atoms with Crippen molar-refractivity contribution >= 4 is 39.3 Å². The molecule has 0 bridgehead atoms. The Hall–Kier alpha value is -2.05. The van der Waals surface area contributed by atoms with Crippen LogP contribution in [0.1, 0.15) is 25.8 Å². The summed E-state index contributed by atoms with van der Waals surface area (Å²) in [6, 6.07) is 14.4. The van der Waals surface area contributed by atoms with Crippen LogP contribution >= 0.6 is 27.5 Å². The minimum absolute atomic E-state index is 0.166. The summed E-state index contributed by atoms with van der Waals surface area (Å²) in [6.45, 7) is 4.57. The number of hydrogen-bond donors (Lipinski definition) is 1. The summed E-state index contributed by atoms with van der Waals surface area (Å²) in [4.78, 5) is 26.9. The van der Waals surface area contributed by atoms with Crippen LogP contribution in [0.15, 0.2) is 53.0 Å². The molecule has 0 spiro atoms. The molecule has 7 heteroatoms. The first-order chi connectivity index (χ1) is 13.9. The van der Waals surface area contributed by atoms with Gasteiger partial charge in [0.25, 0.3) is 5.91 Å². The van der Waals surface area contributed by atoms with E-state index in [1.165, 1.54) is 0 Å². The quantitative estimate of drug-likeness (QED) is 0.545. The van der Waals surface area contributed by atoms with Gasteiger partial charge in [0.15, 0.2) is 6.61 Å². The lowest BCUT2D eigenvalue weighted by atomic mass is 10.1. The van der Waals surface area contributed by atoms with Gasteiger partial charge in [-0.1, -0.05) is 48.9 Å². The topological polar surface area (TPSA) is 58.6 Å². The molecule has 0 unspecified atom stereocenters. The summed E-state index contributed by atoms with van der Waals surface area (Å²) in [5, 5.41) is 3.43. The average Bonchev–Trinajstić information content (AvgIpc) is 2.72. The number of hydrogen-bond acceptors (Lipinski definition) is 3. The highest BCUT2D eigenvalue weighted by molar-refractivity contribution is 9.10. The van der Waals surface area contributed by atoms with Gasteiger partial charge in [0.1, 0.15) is 11.8 Å². The number of rotatable bonds is 10. The molecule has 0 fully saturated rings. The first-order valence-corrected chi connectivity index (χ1v) is 10.8. The van der Waals surface area contributed by atoms with E-state index < -0.39 is 6.04 Å². The second-order valence-corrected chi connectivity index (χ2v) is 7.94. The van der Waals surface area contributed by atoms with Gasteiger partial charge in [-0.3, -0.25) is 9.59 Å². The molecule has 0 aliphatic carbocycles. The highest BCUT2D eigenvalue weighted by Gasteiger charge is 2.26. The maximum absolute atomic E-state index is 12.9. The molecule has 156 valence electrons. The number of nitrogens with zero attached hydrogens (tertiary/aromatic N) is 1. The SMILES string of the molecule is CCCNC(=O)[C@@H](C)N(CCc1ccccc1)C(=O)COc1ccc(Cl)cc1Br. The van der Waals surface area contributed by atoms with E-state index in [1.54, 1.807) is 30.0 Å². The van der Waals surface area contributed by atoms with Crippen molar-refractivity contribution in [1.29, 1.82) is 0 Å². The minimum atomic E-state index is -0.588. The summed E-state index contributed by atoms with van der Waals surface area (Å²) in [5.41, 5.74) is 1.10. The largest absolute Gasteiger partial charge is 0.483 e. The van der Waals surface area contributed by atoms with Gasteiger partial charge in [-0.15, -0.1) is 0 Å². The lowest BCUT2D eigenvalue weighted by Crippen LogP contribution is -2.50. The molecule has 0 aliphatic rings. The lowest BCUT2D eigenvalue weighted by molar-refractivity contribution is -0.141. The molecule has 0 saturated carbocycles. The molecular formula is C22H26BrClN2O3. The molecule has 2 aromatic carbocycles. The van der Waals surface area contributed by atoms with E-state index in [-0.39, 0.29) is 18.4 Å². The fourth-order valence-electron chi connectivity index (χ4n) is 2.78. The standard InChI is InChI=1S/C22H26BrClN2O3/c1-3-12-25-22(28)16(2)26(13-11-17-7-5-4-6-8-17)21(27)15-29-20-10-9-18(24)14-19(20)23/h4-10,14,16H,3,11-13,15H2,1-2H3,(H,25,28)/t16-/m1/s1. The first-order valence-electron chi connectivity index (χ1n) is 9.61. The Balaban J connectivity index is 2.07. The first kappa shape index (κ1) is 23.2. The molecule has 0 heterocycles. The third-order valence-corrected chi connectivity index (χ3v) is 5.30. The van der Waals surface area contributed by atoms with Crippen molar-refractivity contribution in [3.05, 3.63) is 63.6 Å². The van der Waals surface area contributed by atoms with E-state index in [2.05, 4.69) is 21.2 Å². The van der Waals surface area contributed by atoms with Crippen molar-refractivity contribution in [3.8, 4) is 5.75 Å². The molecular weight excluding hydrogens is 456 g/mol. The Kier molecular flexibility index (Phi) is 9.48. The zero-order valence-corrected chi connectivity index (χ0v) is 19.0. The molecule has 5 nitrogen and oxygen atoms in total. The Morgan fingerprint density at radius 1 is 1.21 bits per heavy atom. The summed E-state index contributed by atoms with van der Waals surface area (Å²) in [7, 11) is 0. The van der Waals surface area contributed by atoms with Gasteiger partial charge in [-0.2, -0.15) is 0 Å². The van der Waals surface area contributed by atoms with E-state index >= 15 is 0 Å². The minimum Gasteiger partial charge on any atom is -0.483 e. The number of benzene rings is 2. The molecule has 2 rings (SSSR count). The summed E-state index contributed by atoms with van der Waals surface area (Å²) in [5.74, 6) is 0.108. The van der Waals surface area contributed by atoms with E-state index in [0.717, 1.165) is 12.0 Å². The predicted octanol–water partition coefficient (Wildman–Crippen LogP) is 4.47. The smallest absolute Gasteiger partial charge is 0.261 e. The highest BCUT2D eigenvalue weighted by atomic mass is 79.9. The van der Waals surface area contributed by atoms with Crippen molar-refractivity contribution in [3.63, 3.8) is 0 Å². The zero-order chi connectivity index (χ0) is 21.2. The molecule has 0 saturated heterocycles. The highest BCUT2D eigenvalue weighted by Crippen LogP contribution is 2.28. The van der Waals surface area contributed by atoms with Crippen LogP contribution in [0, 0.1) is 0 Å². The van der Waals surface area contributed by atoms with Gasteiger partial charge in [-0.05, 0) is 59.5 Å². The molecule has 2 aromatic rings. The second kappa shape index (κ2) is 11.8. The van der Waals surface area contributed by atoms with E-state index in [4.69, 9.17) is 16.3 Å². The predicted molar refractivity (Wildman–Crippen MR) is 119 cm³/mol. The molecule has 2 amide bonds. The number of halogens is 2. The fourth-order valence-corrected chi connectivity index (χ4v) is 3.58. The van der Waals surface area contributed by atoms with Crippen molar-refractivity contribution in [2.45, 2.75) is 32.7 Å². The van der Waals surface area contributed by atoms with Gasteiger partial charge in [0.2, 0.25) is 5.91 Å². The van der Waals surface area contributed by atoms with E-state index in [9.17, 15) is 9.59 Å². The number of carbonyl (C=O) groups excluding carboxylic acids is 2. The van der Waals surface area contributed by atoms with Crippen molar-refractivity contribution in [1.82, 2.24) is 10.2 Å². The van der Waals surface area contributed by atoms with Crippen LogP contribution in [0.2, 0.25) is 5.02 Å². The van der Waals surface area contributed by atoms with Crippen molar-refractivity contribution in [2.75, 3.05) is 19.7 Å². The third-order valence-electron chi connectivity index (χ3n) is 4.45. The van der Waals surface area contributed by atoms with Gasteiger partial charge < -0.3 is 15.0 Å². The van der Waals surface area contributed by atoms with E-state index in [0.29, 0.717) is 34.8 Å². The Labute approximate surface area is 185 Å². The number of nitrogens with one attached hydrogen (secondary N) is 1. The van der Waals surface area contributed by atoms with E-state index in [1.807, 2.05) is 37.3 Å². The van der Waals surface area contributed by atoms with Crippen LogP contribution in [0.25, 0.3) is 0 Å². The Morgan fingerprint density at radius 3 is 2.59 bits per heavy atom. The summed E-state index contributed by atoms with van der Waals surface area (Å²) in [6.07, 6.45) is 1.49. The Bertz CT molecular complexity index is 817. The van der Waals surface area contributed by atoms with Gasteiger partial charge in [0.05, 0.1) is 4.47 Å². The lowest BCUT2D eigenvalue weighted by Gasteiger charge is -2.28. The monoisotopic (exact) mass is 480 g/mol. The number of carbonyl (C=O) groups is 2. The van der Waals surface area contributed by atoms with Gasteiger partial charge >= 0.3 is 0 Å². The normalized spacial score (nSPS) is 11.6. The van der Waals surface area contributed by atoms with Gasteiger partial charge in [-0.25, -0.2) is 0 Å². The maximum Gasteiger partial charge on any atom is 0.261 e. The molecule has 1 atom stereocenters. The molecule has 1 N–H and O–H groups in total. The third kappa shape index (κ3) is 7.37. The molecule has 0 aliphatic heterocycles. The van der Waals surface area contributed by atoms with Crippen LogP contribution in [0.3, 0.4) is 0 Å². The van der Waals surface area contributed by atoms with Gasteiger partial charge in [0, 0.05) is 18.1 Å². The summed E-state index contributed by atoms with van der Waals surface area (Å²) < 4.78 is 6.34. The fraction of sp³-hybridized carbons (Fsp3) is 0.364. The summed E-state index contributed by atoms with van der Waals surface area (Å²) >= 11 is 9.32. The second-order valence-electron chi connectivity index (χ2n) is 6.65. The van der Waals surface area contributed by atoms with Crippen LogP contribution in [-0.4, -0.2) is 42.5 Å². The van der Waals surface area contributed by atoms with Crippen LogP contribution in [-0.2, 0) is 16.0 Å². The van der Waals surface area contributed by atoms with Crippen molar-refractivity contribution < 1.29 is 14.3 Å². The maximum atomic E-state index is 12.9. The molecule has 0 radical (unpaired) electrons. The molecule has 29 heavy (non-hydrogen) atoms. The number of ether oxygens (including phenoxy) is 1.